The summed E-state index contributed by atoms with van der Waals surface area (Å²) in [5.74, 6) is 0.932. The molecule has 0 aliphatic rings. The van der Waals surface area contributed by atoms with Crippen molar-refractivity contribution in [3.63, 3.8) is 0 Å². The van der Waals surface area contributed by atoms with Crippen LogP contribution in [0.15, 0.2) is 48.5 Å². The van der Waals surface area contributed by atoms with Gasteiger partial charge in [-0.3, -0.25) is 9.59 Å². The molecule has 0 radical (unpaired) electrons. The van der Waals surface area contributed by atoms with E-state index in [0.717, 1.165) is 11.1 Å². The lowest BCUT2D eigenvalue weighted by Crippen LogP contribution is -2.40. The zero-order valence-electron chi connectivity index (χ0n) is 16.3. The van der Waals surface area contributed by atoms with Crippen molar-refractivity contribution in [3.8, 4) is 11.5 Å². The number of hydrogen-bond acceptors (Lipinski definition) is 4. The lowest BCUT2D eigenvalue weighted by Gasteiger charge is -2.25. The third kappa shape index (κ3) is 5.74. The van der Waals surface area contributed by atoms with E-state index in [1.807, 2.05) is 42.5 Å². The number of carbonyl (C=O) groups is 2. The first-order valence-electron chi connectivity index (χ1n) is 8.69. The number of ether oxygens (including phenoxy) is 2. The molecule has 0 fully saturated rings. The fourth-order valence-electron chi connectivity index (χ4n) is 2.71. The van der Waals surface area contributed by atoms with Crippen LogP contribution >= 0.6 is 0 Å². The summed E-state index contributed by atoms with van der Waals surface area (Å²) in [7, 11) is 4.87. The van der Waals surface area contributed by atoms with Crippen molar-refractivity contribution < 1.29 is 19.1 Å². The third-order valence-corrected chi connectivity index (χ3v) is 4.28. The Hall–Kier alpha value is -3.02. The molecule has 0 spiro atoms. The maximum Gasteiger partial charge on any atom is 0.242 e. The topological polar surface area (TPSA) is 59.1 Å². The lowest BCUT2D eigenvalue weighted by atomic mass is 10.2. The van der Waals surface area contributed by atoms with Crippen molar-refractivity contribution in [1.29, 1.82) is 0 Å². The van der Waals surface area contributed by atoms with Crippen LogP contribution in [-0.2, 0) is 22.7 Å². The smallest absolute Gasteiger partial charge is 0.242 e. The first-order chi connectivity index (χ1) is 12.9. The summed E-state index contributed by atoms with van der Waals surface area (Å²) in [6.07, 6.45) is 0. The molecule has 0 aliphatic carbocycles. The molecule has 2 aromatic carbocycles. The van der Waals surface area contributed by atoms with E-state index in [9.17, 15) is 9.59 Å². The van der Waals surface area contributed by atoms with E-state index in [0.29, 0.717) is 24.6 Å². The van der Waals surface area contributed by atoms with Crippen LogP contribution in [0.1, 0.15) is 18.1 Å². The second-order valence-corrected chi connectivity index (χ2v) is 6.30. The number of hydrogen-bond donors (Lipinski definition) is 0. The van der Waals surface area contributed by atoms with E-state index < -0.39 is 0 Å². The predicted octanol–water partition coefficient (Wildman–Crippen LogP) is 2.71. The van der Waals surface area contributed by atoms with Crippen molar-refractivity contribution in [1.82, 2.24) is 9.80 Å². The van der Waals surface area contributed by atoms with Gasteiger partial charge in [0, 0.05) is 27.1 Å². The van der Waals surface area contributed by atoms with Crippen molar-refractivity contribution in [3.05, 3.63) is 59.7 Å². The molecule has 0 bridgehead atoms. The highest BCUT2D eigenvalue weighted by Gasteiger charge is 2.18. The van der Waals surface area contributed by atoms with E-state index in [4.69, 9.17) is 9.47 Å². The maximum atomic E-state index is 12.6. The zero-order valence-corrected chi connectivity index (χ0v) is 16.3. The minimum atomic E-state index is -0.161. The Bertz CT molecular complexity index is 777. The number of nitrogens with zero attached hydrogens (tertiary/aromatic N) is 2. The van der Waals surface area contributed by atoms with Gasteiger partial charge in [-0.05, 0) is 23.3 Å². The number of carbonyl (C=O) groups excluding carboxylic acids is 2. The molecule has 2 rings (SSSR count). The van der Waals surface area contributed by atoms with E-state index in [-0.39, 0.29) is 18.4 Å². The summed E-state index contributed by atoms with van der Waals surface area (Å²) < 4.78 is 10.5. The Labute approximate surface area is 160 Å². The molecule has 0 saturated heterocycles. The van der Waals surface area contributed by atoms with Gasteiger partial charge in [0.2, 0.25) is 11.8 Å². The van der Waals surface area contributed by atoms with Crippen molar-refractivity contribution >= 4 is 11.8 Å². The van der Waals surface area contributed by atoms with E-state index in [1.165, 1.54) is 11.8 Å². The van der Waals surface area contributed by atoms with Crippen LogP contribution in [0.5, 0.6) is 11.5 Å². The molecule has 0 aliphatic heterocycles. The number of rotatable bonds is 8. The monoisotopic (exact) mass is 370 g/mol. The SMILES string of the molecule is COc1ccc(CN(CC(=O)N(C)Cc2ccccc2)C(C)=O)cc1OC. The molecule has 6 nitrogen and oxygen atoms in total. The summed E-state index contributed by atoms with van der Waals surface area (Å²) in [6, 6.07) is 15.2. The standard InChI is InChI=1S/C21H26N2O4/c1-16(24)23(14-18-10-11-19(26-3)20(12-18)27-4)15-21(25)22(2)13-17-8-6-5-7-9-17/h5-12H,13-15H2,1-4H3. The second-order valence-electron chi connectivity index (χ2n) is 6.30. The lowest BCUT2D eigenvalue weighted by molar-refractivity contribution is -0.139. The second kappa shape index (κ2) is 9.62. The molecule has 0 saturated carbocycles. The number of benzene rings is 2. The first-order valence-corrected chi connectivity index (χ1v) is 8.69. The molecule has 27 heavy (non-hydrogen) atoms. The van der Waals surface area contributed by atoms with E-state index >= 15 is 0 Å². The van der Waals surface area contributed by atoms with Gasteiger partial charge in [-0.1, -0.05) is 36.4 Å². The highest BCUT2D eigenvalue weighted by molar-refractivity contribution is 5.83. The van der Waals surface area contributed by atoms with Crippen molar-refractivity contribution in [2.24, 2.45) is 0 Å². The molecule has 0 atom stereocenters. The molecule has 2 amide bonds. The molecule has 6 heteroatoms. The van der Waals surface area contributed by atoms with E-state index in [2.05, 4.69) is 0 Å². The van der Waals surface area contributed by atoms with Crippen LogP contribution < -0.4 is 9.47 Å². The summed E-state index contributed by atoms with van der Waals surface area (Å²) in [4.78, 5) is 27.7. The van der Waals surface area contributed by atoms with Crippen LogP contribution in [-0.4, -0.2) is 49.4 Å². The van der Waals surface area contributed by atoms with Crippen LogP contribution in [0.3, 0.4) is 0 Å². The summed E-state index contributed by atoms with van der Waals surface area (Å²) >= 11 is 0. The molecule has 144 valence electrons. The molecule has 0 N–H and O–H groups in total. The Morgan fingerprint density at radius 3 is 2.15 bits per heavy atom. The van der Waals surface area contributed by atoms with Crippen LogP contribution in [0.4, 0.5) is 0 Å². The first kappa shape index (κ1) is 20.3. The third-order valence-electron chi connectivity index (χ3n) is 4.28. The van der Waals surface area contributed by atoms with Crippen molar-refractivity contribution in [2.75, 3.05) is 27.8 Å². The number of likely N-dealkylation sites (N-methyl/N-ethyl adjacent to an activating group) is 1. The Morgan fingerprint density at radius 1 is 0.889 bits per heavy atom. The Morgan fingerprint density at radius 2 is 1.56 bits per heavy atom. The molecule has 0 unspecified atom stereocenters. The Balaban J connectivity index is 2.04. The van der Waals surface area contributed by atoms with Gasteiger partial charge in [0.25, 0.3) is 0 Å². The van der Waals surface area contributed by atoms with Gasteiger partial charge in [0.15, 0.2) is 11.5 Å². The Kier molecular flexibility index (Phi) is 7.23. The molecular weight excluding hydrogens is 344 g/mol. The van der Waals surface area contributed by atoms with Crippen molar-refractivity contribution in [2.45, 2.75) is 20.0 Å². The molecule has 0 aromatic heterocycles. The average molecular weight is 370 g/mol. The number of amides is 2. The van der Waals surface area contributed by atoms with E-state index in [1.54, 1.807) is 32.2 Å². The summed E-state index contributed by atoms with van der Waals surface area (Å²) in [6.45, 7) is 2.31. The van der Waals surface area contributed by atoms with Crippen LogP contribution in [0.2, 0.25) is 0 Å². The fraction of sp³-hybridized carbons (Fsp3) is 0.333. The number of methoxy groups -OCH3 is 2. The summed E-state index contributed by atoms with van der Waals surface area (Å²) in [5, 5.41) is 0. The largest absolute Gasteiger partial charge is 0.493 e. The van der Waals surface area contributed by atoms with Crippen LogP contribution in [0.25, 0.3) is 0 Å². The minimum absolute atomic E-state index is 0.0208. The van der Waals surface area contributed by atoms with Crippen LogP contribution in [0, 0.1) is 0 Å². The minimum Gasteiger partial charge on any atom is -0.493 e. The predicted molar refractivity (Wildman–Crippen MR) is 104 cm³/mol. The van der Waals surface area contributed by atoms with Gasteiger partial charge in [-0.25, -0.2) is 0 Å². The van der Waals surface area contributed by atoms with Gasteiger partial charge < -0.3 is 19.3 Å². The molecule has 2 aromatic rings. The highest BCUT2D eigenvalue weighted by atomic mass is 16.5. The van der Waals surface area contributed by atoms with Gasteiger partial charge >= 0.3 is 0 Å². The quantitative estimate of drug-likeness (QED) is 0.717. The molecule has 0 heterocycles. The molecular formula is C21H26N2O4. The fourth-order valence-corrected chi connectivity index (χ4v) is 2.71. The van der Waals surface area contributed by atoms with Gasteiger partial charge in [0.1, 0.15) is 6.54 Å². The average Bonchev–Trinajstić information content (AvgIpc) is 2.67. The zero-order chi connectivity index (χ0) is 19.8. The summed E-state index contributed by atoms with van der Waals surface area (Å²) in [5.41, 5.74) is 1.91. The normalized spacial score (nSPS) is 10.2. The maximum absolute atomic E-state index is 12.6. The van der Waals surface area contributed by atoms with Gasteiger partial charge in [-0.15, -0.1) is 0 Å². The highest BCUT2D eigenvalue weighted by Crippen LogP contribution is 2.28. The van der Waals surface area contributed by atoms with Gasteiger partial charge in [-0.2, -0.15) is 0 Å². The van der Waals surface area contributed by atoms with Gasteiger partial charge in [0.05, 0.1) is 14.2 Å².